The van der Waals surface area contributed by atoms with E-state index in [1.807, 2.05) is 80.7 Å². The predicted octanol–water partition coefficient (Wildman–Crippen LogP) is 3.11. The molecule has 2 bridgehead atoms. The molecule has 200 valence electrons. The molecule has 1 saturated heterocycles. The number of anilines is 1. The van der Waals surface area contributed by atoms with Crippen LogP contribution in [-0.2, 0) is 25.5 Å². The second-order valence-electron chi connectivity index (χ2n) is 10.0. The van der Waals surface area contributed by atoms with Crippen LogP contribution in [0.15, 0.2) is 77.9 Å². The Bertz CT molecular complexity index is 1240. The summed E-state index contributed by atoms with van der Waals surface area (Å²) in [6.07, 6.45) is 4.55. The van der Waals surface area contributed by atoms with Gasteiger partial charge in [-0.15, -0.1) is 0 Å². The molecule has 3 heterocycles. The average Bonchev–Trinajstić information content (AvgIpc) is 3.63. The van der Waals surface area contributed by atoms with Crippen LogP contribution in [0.4, 0.5) is 5.69 Å². The third-order valence-electron chi connectivity index (χ3n) is 7.43. The van der Waals surface area contributed by atoms with Crippen LogP contribution in [-0.4, -0.2) is 74.4 Å². The quantitative estimate of drug-likeness (QED) is 0.370. The number of carbonyl (C=O) groups excluding carboxylic acids is 2. The first-order valence-electron chi connectivity index (χ1n) is 13.2. The van der Waals surface area contributed by atoms with Crippen molar-refractivity contribution in [1.29, 1.82) is 0 Å². The van der Waals surface area contributed by atoms with Gasteiger partial charge in [-0.1, -0.05) is 42.5 Å². The minimum absolute atomic E-state index is 0.0255. The number of amides is 1. The molecule has 0 saturated carbocycles. The molecule has 2 aromatic carbocycles. The highest BCUT2D eigenvalue weighted by atomic mass is 16.5. The molecule has 0 spiro atoms. The van der Waals surface area contributed by atoms with Crippen molar-refractivity contribution in [2.75, 3.05) is 39.2 Å². The van der Waals surface area contributed by atoms with Gasteiger partial charge in [0.2, 0.25) is 0 Å². The lowest BCUT2D eigenvalue weighted by Gasteiger charge is -2.36. The van der Waals surface area contributed by atoms with Gasteiger partial charge in [-0.2, -0.15) is 0 Å². The molecule has 4 unspecified atom stereocenters. The second kappa shape index (κ2) is 11.0. The molecule has 0 aromatic heterocycles. The van der Waals surface area contributed by atoms with Gasteiger partial charge in [-0.25, -0.2) is 4.79 Å². The fourth-order valence-corrected chi connectivity index (χ4v) is 5.68. The van der Waals surface area contributed by atoms with Gasteiger partial charge in [0.1, 0.15) is 17.5 Å². The summed E-state index contributed by atoms with van der Waals surface area (Å²) in [5, 5.41) is 6.72. The minimum atomic E-state index is -1.19. The van der Waals surface area contributed by atoms with Crippen LogP contribution in [0, 0.1) is 0 Å². The Kier molecular flexibility index (Phi) is 7.53. The van der Waals surface area contributed by atoms with E-state index in [9.17, 15) is 9.59 Å². The molecular weight excluding hydrogens is 482 g/mol. The van der Waals surface area contributed by atoms with Gasteiger partial charge >= 0.3 is 5.97 Å². The smallest absolute Gasteiger partial charge is 0.337 e. The summed E-state index contributed by atoms with van der Waals surface area (Å²) in [5.41, 5.74) is 1.29. The van der Waals surface area contributed by atoms with E-state index in [0.29, 0.717) is 18.6 Å². The fraction of sp³-hybridized carbons (Fsp3) is 0.400. The summed E-state index contributed by atoms with van der Waals surface area (Å²) in [5.74, 6) is -0.0989. The first kappa shape index (κ1) is 26.0. The van der Waals surface area contributed by atoms with Crippen LogP contribution < -0.4 is 15.4 Å². The van der Waals surface area contributed by atoms with Crippen molar-refractivity contribution in [3.8, 4) is 5.75 Å². The number of fused-ring (bicyclic) bond motifs is 2. The Morgan fingerprint density at radius 3 is 2.71 bits per heavy atom. The summed E-state index contributed by atoms with van der Waals surface area (Å²) in [7, 11) is 3.37. The Morgan fingerprint density at radius 2 is 2.00 bits per heavy atom. The highest BCUT2D eigenvalue weighted by Crippen LogP contribution is 2.47. The van der Waals surface area contributed by atoms with Crippen LogP contribution in [0.5, 0.6) is 5.75 Å². The first-order chi connectivity index (χ1) is 18.4. The summed E-state index contributed by atoms with van der Waals surface area (Å²) >= 11 is 0. The summed E-state index contributed by atoms with van der Waals surface area (Å²) in [4.78, 5) is 29.1. The van der Waals surface area contributed by atoms with Gasteiger partial charge in [-0.05, 0) is 57.1 Å². The van der Waals surface area contributed by atoms with Gasteiger partial charge in [0.25, 0.3) is 5.91 Å². The number of nitrogens with one attached hydrogen (secondary N) is 2. The average molecular weight is 518 g/mol. The van der Waals surface area contributed by atoms with E-state index in [2.05, 4.69) is 15.5 Å². The van der Waals surface area contributed by atoms with E-state index in [1.54, 1.807) is 0 Å². The number of esters is 1. The van der Waals surface area contributed by atoms with Gasteiger partial charge in [0.15, 0.2) is 0 Å². The number of benzene rings is 2. The summed E-state index contributed by atoms with van der Waals surface area (Å²) in [6.45, 7) is 4.19. The number of nitrogens with zero attached hydrogens (tertiary/aromatic N) is 1. The van der Waals surface area contributed by atoms with Gasteiger partial charge in [0, 0.05) is 24.3 Å². The van der Waals surface area contributed by atoms with Crippen molar-refractivity contribution in [2.45, 2.75) is 43.6 Å². The number of ether oxygens (including phenoxy) is 3. The van der Waals surface area contributed by atoms with Crippen LogP contribution in [0.25, 0.3) is 0 Å². The number of hydrogen-bond acceptors (Lipinski definition) is 7. The third kappa shape index (κ3) is 5.06. The zero-order valence-electron chi connectivity index (χ0n) is 22.1. The summed E-state index contributed by atoms with van der Waals surface area (Å²) < 4.78 is 17.5. The van der Waals surface area contributed by atoms with Crippen molar-refractivity contribution in [2.24, 2.45) is 0 Å². The number of carbonyl (C=O) groups is 2. The lowest BCUT2D eigenvalue weighted by molar-refractivity contribution is -0.138. The molecule has 0 aliphatic carbocycles. The van der Waals surface area contributed by atoms with Crippen LogP contribution in [0.3, 0.4) is 0 Å². The molecule has 4 atom stereocenters. The number of likely N-dealkylation sites (N-methyl/N-ethyl adjacent to an activating group) is 1. The maximum Gasteiger partial charge on any atom is 0.337 e. The van der Waals surface area contributed by atoms with E-state index < -0.39 is 23.7 Å². The largest absolute Gasteiger partial charge is 0.494 e. The van der Waals surface area contributed by atoms with Crippen molar-refractivity contribution >= 4 is 17.6 Å². The van der Waals surface area contributed by atoms with Crippen molar-refractivity contribution < 1.29 is 23.8 Å². The molecule has 2 aromatic rings. The molecule has 5 rings (SSSR count). The highest BCUT2D eigenvalue weighted by molar-refractivity contribution is 6.07. The normalized spacial score (nSPS) is 24.9. The summed E-state index contributed by atoms with van der Waals surface area (Å²) in [6, 6.07) is 17.3. The van der Waals surface area contributed by atoms with Gasteiger partial charge in [-0.3, -0.25) is 4.79 Å². The zero-order chi connectivity index (χ0) is 26.7. The van der Waals surface area contributed by atoms with Gasteiger partial charge in [0.05, 0.1) is 30.9 Å². The molecule has 8 nitrogen and oxygen atoms in total. The molecule has 3 aliphatic heterocycles. The van der Waals surface area contributed by atoms with Crippen molar-refractivity contribution in [3.63, 3.8) is 0 Å². The van der Waals surface area contributed by atoms with Crippen LogP contribution >= 0.6 is 0 Å². The monoisotopic (exact) mass is 517 g/mol. The van der Waals surface area contributed by atoms with E-state index in [1.165, 1.54) is 7.11 Å². The van der Waals surface area contributed by atoms with Crippen molar-refractivity contribution in [1.82, 2.24) is 10.2 Å². The molecule has 38 heavy (non-hydrogen) atoms. The topological polar surface area (TPSA) is 89.1 Å². The molecule has 8 heteroatoms. The molecule has 3 aliphatic rings. The number of methoxy groups -OCH3 is 1. The molecule has 2 N–H and O–H groups in total. The third-order valence-corrected chi connectivity index (χ3v) is 7.43. The lowest BCUT2D eigenvalue weighted by Crippen LogP contribution is -2.50. The van der Waals surface area contributed by atoms with E-state index >= 15 is 0 Å². The highest BCUT2D eigenvalue weighted by Gasteiger charge is 2.58. The number of likely N-dealkylation sites (tertiary alicyclic amines) is 1. The predicted molar refractivity (Wildman–Crippen MR) is 145 cm³/mol. The number of hydrogen-bond donors (Lipinski definition) is 2. The molecule has 1 amide bonds. The molecule has 0 radical (unpaired) electrons. The Hall–Kier alpha value is -3.62. The molecular formula is C30H35N3O5. The fourth-order valence-electron chi connectivity index (χ4n) is 5.68. The zero-order valence-corrected chi connectivity index (χ0v) is 22.1. The SMILES string of the molecule is CCOc1cccc(NC(Cc2ccccc2)C23C=CC(O2)C(C(=O)NC2CCN(C)C2)=C3C(=O)OC)c1. The molecule has 1 fully saturated rings. The Balaban J connectivity index is 1.53. The maximum atomic E-state index is 13.6. The second-order valence-corrected chi connectivity index (χ2v) is 10.0. The minimum Gasteiger partial charge on any atom is -0.494 e. The standard InChI is InChI=1S/C30H35N3O5/c1-4-37-23-12-8-11-21(18-23)31-25(17-20-9-6-5-7-10-20)30-15-13-24(38-30)26(27(30)29(35)36-3)28(34)32-22-14-16-33(2)19-22/h5-13,15,18,22,24-25,31H,4,14,16-17,19H2,1-3H3,(H,32,34). The lowest BCUT2D eigenvalue weighted by atomic mass is 9.78. The van der Waals surface area contributed by atoms with Crippen molar-refractivity contribution in [3.05, 3.63) is 83.5 Å². The number of rotatable bonds is 10. The maximum absolute atomic E-state index is 13.6. The first-order valence-corrected chi connectivity index (χ1v) is 13.2. The van der Waals surface area contributed by atoms with E-state index in [-0.39, 0.29) is 17.5 Å². The Morgan fingerprint density at radius 1 is 1.18 bits per heavy atom. The van der Waals surface area contributed by atoms with Crippen LogP contribution in [0.1, 0.15) is 18.9 Å². The Labute approximate surface area is 223 Å². The van der Waals surface area contributed by atoms with Crippen LogP contribution in [0.2, 0.25) is 0 Å². The van der Waals surface area contributed by atoms with E-state index in [4.69, 9.17) is 14.2 Å². The van der Waals surface area contributed by atoms with Gasteiger partial charge < -0.3 is 29.7 Å². The van der Waals surface area contributed by atoms with E-state index in [0.717, 1.165) is 36.5 Å².